The largest absolute Gasteiger partial charge is 0.302 e. The number of hydrogen-bond donors (Lipinski definition) is 0. The average molecular weight is 477 g/mol. The maximum Gasteiger partial charge on any atom is 0.267 e. The first-order valence-corrected chi connectivity index (χ1v) is 11.8. The molecule has 3 aliphatic rings. The van der Waals surface area contributed by atoms with Crippen LogP contribution in [0.1, 0.15) is 43.9 Å². The molecule has 166 valence electrons. The molecule has 0 aliphatic carbocycles. The molecule has 1 saturated heterocycles. The van der Waals surface area contributed by atoms with Crippen LogP contribution in [0.15, 0.2) is 47.4 Å². The number of rotatable bonds is 2. The standard InChI is InChI=1S/C26H21FN2O2S2/c1-5-11-28-23(31)21(33-24(28)32)19-17-12-16(27)13-18-20(17)29(22(19)30)25(2,3)14-26(18,4)15-9-7-6-8-10-15/h1,6-10,12-13H,11,14H2,2-4H3. The molecular weight excluding hydrogens is 455 g/mol. The Hall–Kier alpha value is -2.95. The smallest absolute Gasteiger partial charge is 0.267 e. The van der Waals surface area contributed by atoms with Crippen LogP contribution in [0.4, 0.5) is 10.1 Å². The summed E-state index contributed by atoms with van der Waals surface area (Å²) < 4.78 is 15.4. The van der Waals surface area contributed by atoms with Crippen molar-refractivity contribution in [1.82, 2.24) is 4.90 Å². The quantitative estimate of drug-likeness (QED) is 0.353. The molecule has 2 aromatic rings. The van der Waals surface area contributed by atoms with E-state index in [0.29, 0.717) is 22.0 Å². The third-order valence-electron chi connectivity index (χ3n) is 6.71. The SMILES string of the molecule is C#CCN1C(=O)C(=C2C(=O)N3c4c2cc(F)cc4C(C)(c2ccccc2)CC3(C)C)SC1=S. The van der Waals surface area contributed by atoms with Crippen molar-refractivity contribution in [2.45, 2.75) is 38.1 Å². The van der Waals surface area contributed by atoms with Gasteiger partial charge in [0.05, 0.1) is 22.7 Å². The van der Waals surface area contributed by atoms with E-state index in [0.717, 1.165) is 22.9 Å². The fourth-order valence-electron chi connectivity index (χ4n) is 5.46. The Balaban J connectivity index is 1.81. The molecule has 0 radical (unpaired) electrons. The number of hydrogen-bond acceptors (Lipinski definition) is 4. The van der Waals surface area contributed by atoms with Gasteiger partial charge in [-0.1, -0.05) is 67.2 Å². The van der Waals surface area contributed by atoms with Gasteiger partial charge in [0.15, 0.2) is 0 Å². The molecule has 1 fully saturated rings. The highest BCUT2D eigenvalue weighted by molar-refractivity contribution is 8.26. The molecular formula is C26H21FN2O2S2. The van der Waals surface area contributed by atoms with Crippen LogP contribution in [-0.2, 0) is 15.0 Å². The Labute approximate surface area is 201 Å². The number of anilines is 1. The third kappa shape index (κ3) is 3.01. The van der Waals surface area contributed by atoms with Gasteiger partial charge in [0.25, 0.3) is 11.8 Å². The van der Waals surface area contributed by atoms with E-state index in [9.17, 15) is 9.59 Å². The zero-order valence-corrected chi connectivity index (χ0v) is 20.1. The second-order valence-electron chi connectivity index (χ2n) is 9.34. The number of thiocarbonyl (C=S) groups is 1. The van der Waals surface area contributed by atoms with Gasteiger partial charge in [-0.05, 0) is 43.5 Å². The first-order valence-electron chi connectivity index (χ1n) is 10.6. The van der Waals surface area contributed by atoms with Crippen LogP contribution >= 0.6 is 24.0 Å². The zero-order valence-electron chi connectivity index (χ0n) is 18.4. The summed E-state index contributed by atoms with van der Waals surface area (Å²) in [5.41, 5.74) is 2.00. The lowest BCUT2D eigenvalue weighted by Crippen LogP contribution is -2.54. The summed E-state index contributed by atoms with van der Waals surface area (Å²) in [5, 5.41) is 0. The van der Waals surface area contributed by atoms with Crippen LogP contribution in [-0.4, -0.2) is 33.1 Å². The minimum absolute atomic E-state index is 0.0260. The zero-order chi connectivity index (χ0) is 23.7. The maximum atomic E-state index is 15.1. The summed E-state index contributed by atoms with van der Waals surface area (Å²) in [6.07, 6.45) is 5.99. The Morgan fingerprint density at radius 1 is 1.15 bits per heavy atom. The van der Waals surface area contributed by atoms with Crippen LogP contribution < -0.4 is 4.90 Å². The Morgan fingerprint density at radius 3 is 2.52 bits per heavy atom. The lowest BCUT2D eigenvalue weighted by molar-refractivity contribution is -0.122. The molecule has 4 nitrogen and oxygen atoms in total. The number of halogens is 1. The van der Waals surface area contributed by atoms with Gasteiger partial charge in [-0.2, -0.15) is 0 Å². The number of amides is 2. The van der Waals surface area contributed by atoms with Crippen molar-refractivity contribution in [2.75, 3.05) is 11.4 Å². The third-order valence-corrected chi connectivity index (χ3v) is 8.16. The first-order chi connectivity index (χ1) is 15.6. The van der Waals surface area contributed by atoms with Crippen LogP contribution in [0, 0.1) is 18.2 Å². The second-order valence-corrected chi connectivity index (χ2v) is 11.0. The first kappa shape index (κ1) is 21.9. The number of terminal acetylenes is 1. The van der Waals surface area contributed by atoms with E-state index in [4.69, 9.17) is 18.6 Å². The predicted molar refractivity (Wildman–Crippen MR) is 133 cm³/mol. The summed E-state index contributed by atoms with van der Waals surface area (Å²) in [4.78, 5) is 30.2. The van der Waals surface area contributed by atoms with E-state index < -0.39 is 22.7 Å². The van der Waals surface area contributed by atoms with Crippen LogP contribution in [0.3, 0.4) is 0 Å². The summed E-state index contributed by atoms with van der Waals surface area (Å²) in [7, 11) is 0. The number of thioether (sulfide) groups is 1. The minimum atomic E-state index is -0.575. The van der Waals surface area contributed by atoms with E-state index in [1.54, 1.807) is 4.90 Å². The molecule has 0 aromatic heterocycles. The summed E-state index contributed by atoms with van der Waals surface area (Å²) in [6, 6.07) is 12.8. The van der Waals surface area contributed by atoms with E-state index in [1.807, 2.05) is 44.2 Å². The molecule has 5 rings (SSSR count). The van der Waals surface area contributed by atoms with Crippen molar-refractivity contribution in [3.05, 3.63) is 69.9 Å². The van der Waals surface area contributed by atoms with Gasteiger partial charge in [-0.3, -0.25) is 14.5 Å². The van der Waals surface area contributed by atoms with Gasteiger partial charge in [-0.15, -0.1) is 6.42 Å². The Bertz CT molecular complexity index is 1330. The summed E-state index contributed by atoms with van der Waals surface area (Å²) in [5.74, 6) is 1.26. The molecule has 1 unspecified atom stereocenters. The van der Waals surface area contributed by atoms with E-state index in [2.05, 4.69) is 12.8 Å². The molecule has 1 atom stereocenters. The van der Waals surface area contributed by atoms with E-state index in [-0.39, 0.29) is 22.9 Å². The van der Waals surface area contributed by atoms with Crippen molar-refractivity contribution in [3.8, 4) is 12.3 Å². The number of carbonyl (C=O) groups is 2. The molecule has 0 bridgehead atoms. The van der Waals surface area contributed by atoms with Crippen LogP contribution in [0.2, 0.25) is 0 Å². The number of nitrogens with zero attached hydrogens (tertiary/aromatic N) is 2. The fraction of sp³-hybridized carbons (Fsp3) is 0.269. The van der Waals surface area contributed by atoms with Crippen molar-refractivity contribution < 1.29 is 14.0 Å². The number of benzene rings is 2. The van der Waals surface area contributed by atoms with Crippen molar-refractivity contribution >= 4 is 51.4 Å². The molecule has 3 heterocycles. The fourth-order valence-corrected chi connectivity index (χ4v) is 6.78. The molecule has 7 heteroatoms. The van der Waals surface area contributed by atoms with Crippen molar-refractivity contribution in [2.24, 2.45) is 0 Å². The summed E-state index contributed by atoms with van der Waals surface area (Å²) >= 11 is 6.39. The molecule has 33 heavy (non-hydrogen) atoms. The normalized spacial score (nSPS) is 25.5. The monoisotopic (exact) mass is 476 g/mol. The highest BCUT2D eigenvalue weighted by atomic mass is 32.2. The summed E-state index contributed by atoms with van der Waals surface area (Å²) in [6.45, 7) is 6.13. The van der Waals surface area contributed by atoms with E-state index >= 15 is 4.39 Å². The average Bonchev–Trinajstić information content (AvgIpc) is 3.20. The lowest BCUT2D eigenvalue weighted by Gasteiger charge is -2.49. The van der Waals surface area contributed by atoms with Gasteiger partial charge in [-0.25, -0.2) is 4.39 Å². The van der Waals surface area contributed by atoms with Crippen LogP contribution in [0.25, 0.3) is 5.57 Å². The molecule has 2 aromatic carbocycles. The van der Waals surface area contributed by atoms with Gasteiger partial charge in [0.1, 0.15) is 10.1 Å². The van der Waals surface area contributed by atoms with Crippen molar-refractivity contribution in [3.63, 3.8) is 0 Å². The molecule has 0 saturated carbocycles. The number of carbonyl (C=O) groups excluding carboxylic acids is 2. The topological polar surface area (TPSA) is 40.6 Å². The minimum Gasteiger partial charge on any atom is -0.302 e. The molecule has 0 N–H and O–H groups in total. The van der Waals surface area contributed by atoms with E-state index in [1.165, 1.54) is 17.0 Å². The molecule has 3 aliphatic heterocycles. The highest BCUT2D eigenvalue weighted by Crippen LogP contribution is 2.57. The van der Waals surface area contributed by atoms with Crippen molar-refractivity contribution in [1.29, 1.82) is 0 Å². The Kier molecular flexibility index (Phi) is 4.82. The van der Waals surface area contributed by atoms with Gasteiger partial charge < -0.3 is 4.90 Å². The van der Waals surface area contributed by atoms with Gasteiger partial charge >= 0.3 is 0 Å². The van der Waals surface area contributed by atoms with Crippen LogP contribution in [0.5, 0.6) is 0 Å². The van der Waals surface area contributed by atoms with Gasteiger partial charge in [0, 0.05) is 16.5 Å². The molecule has 2 amide bonds. The molecule has 0 spiro atoms. The van der Waals surface area contributed by atoms with Gasteiger partial charge in [0.2, 0.25) is 0 Å². The Morgan fingerprint density at radius 2 is 1.85 bits per heavy atom. The maximum absolute atomic E-state index is 15.1. The predicted octanol–water partition coefficient (Wildman–Crippen LogP) is 4.87. The highest BCUT2D eigenvalue weighted by Gasteiger charge is 2.54. The second kappa shape index (κ2) is 7.28. The lowest BCUT2D eigenvalue weighted by atomic mass is 9.65.